The number of halogens is 1. The minimum absolute atomic E-state index is 0. The number of piperidine rings is 1. The van der Waals surface area contributed by atoms with E-state index in [1.165, 1.54) is 55.5 Å². The third-order valence-corrected chi connectivity index (χ3v) is 3.80. The zero-order valence-electron chi connectivity index (χ0n) is 10.2. The van der Waals surface area contributed by atoms with Crippen molar-refractivity contribution in [1.82, 2.24) is 0 Å². The van der Waals surface area contributed by atoms with Gasteiger partial charge >= 0.3 is 0 Å². The Morgan fingerprint density at radius 1 is 1.00 bits per heavy atom. The molecule has 1 nitrogen and oxygen atoms in total. The Balaban J connectivity index is 0.00000128. The Hall–Kier alpha value is -0.0900. The maximum Gasteiger partial charge on any atom is 0.104 e. The molecule has 2 rings (SSSR count). The summed E-state index contributed by atoms with van der Waals surface area (Å²) in [6.45, 7) is 7.62. The zero-order chi connectivity index (χ0) is 10.6. The number of hydrogen-bond acceptors (Lipinski definition) is 0. The Morgan fingerprint density at radius 2 is 1.62 bits per heavy atom. The van der Waals surface area contributed by atoms with Crippen LogP contribution in [0.2, 0.25) is 0 Å². The van der Waals surface area contributed by atoms with Gasteiger partial charge in [-0.05, 0) is 26.2 Å². The lowest BCUT2D eigenvalue weighted by Gasteiger charge is -2.41. The summed E-state index contributed by atoms with van der Waals surface area (Å²) >= 11 is 0. The summed E-state index contributed by atoms with van der Waals surface area (Å²) < 4.78 is 1.31. The van der Waals surface area contributed by atoms with Gasteiger partial charge in [0.05, 0.1) is 19.6 Å². The van der Waals surface area contributed by atoms with E-state index in [0.717, 1.165) is 0 Å². The lowest BCUT2D eigenvalue weighted by molar-refractivity contribution is -0.943. The first kappa shape index (κ1) is 14.0. The first-order chi connectivity index (χ1) is 7.35. The van der Waals surface area contributed by atoms with Gasteiger partial charge in [-0.15, -0.1) is 0 Å². The van der Waals surface area contributed by atoms with Crippen molar-refractivity contribution in [3.05, 3.63) is 35.9 Å². The molecule has 1 fully saturated rings. The van der Waals surface area contributed by atoms with Crippen molar-refractivity contribution in [2.75, 3.05) is 19.6 Å². The van der Waals surface area contributed by atoms with E-state index in [1.807, 2.05) is 0 Å². The van der Waals surface area contributed by atoms with Crippen LogP contribution in [0.5, 0.6) is 0 Å². The van der Waals surface area contributed by atoms with Crippen LogP contribution >= 0.6 is 0 Å². The molecule has 0 radical (unpaired) electrons. The fraction of sp³-hybridized carbons (Fsp3) is 0.571. The molecule has 0 unspecified atom stereocenters. The van der Waals surface area contributed by atoms with Crippen LogP contribution in [0, 0.1) is 0 Å². The normalized spacial score (nSPS) is 18.8. The van der Waals surface area contributed by atoms with Gasteiger partial charge in [-0.1, -0.05) is 30.3 Å². The van der Waals surface area contributed by atoms with Gasteiger partial charge in [-0.3, -0.25) is 0 Å². The summed E-state index contributed by atoms with van der Waals surface area (Å²) in [5.74, 6) is 0. The maximum atomic E-state index is 2.34. The predicted octanol–water partition coefficient (Wildman–Crippen LogP) is 0.211. The molecular weight excluding hydrogens is 309 g/mol. The molecule has 0 aromatic heterocycles. The van der Waals surface area contributed by atoms with Crippen LogP contribution in [-0.2, 0) is 6.54 Å². The standard InChI is InChI=1S/C14H22N.HI/c1-2-15(11-7-4-8-12-15)13-14-9-5-3-6-10-14;/h3,5-6,9-10H,2,4,7-8,11-13H2,1H3;1H/q+1;/p-1. The van der Waals surface area contributed by atoms with E-state index in [4.69, 9.17) is 0 Å². The summed E-state index contributed by atoms with van der Waals surface area (Å²) in [6.07, 6.45) is 4.27. The highest BCUT2D eigenvalue weighted by atomic mass is 127. The summed E-state index contributed by atoms with van der Waals surface area (Å²) in [5, 5.41) is 0. The number of benzene rings is 1. The molecule has 0 bridgehead atoms. The summed E-state index contributed by atoms with van der Waals surface area (Å²) in [7, 11) is 0. The second kappa shape index (κ2) is 6.60. The third-order valence-electron chi connectivity index (χ3n) is 3.80. The van der Waals surface area contributed by atoms with Gasteiger partial charge in [0, 0.05) is 5.56 Å². The molecule has 0 N–H and O–H groups in total. The average molecular weight is 331 g/mol. The van der Waals surface area contributed by atoms with E-state index in [-0.39, 0.29) is 24.0 Å². The van der Waals surface area contributed by atoms with E-state index in [2.05, 4.69) is 37.3 Å². The molecule has 1 heterocycles. The fourth-order valence-electron chi connectivity index (χ4n) is 2.74. The van der Waals surface area contributed by atoms with Crippen LogP contribution in [-0.4, -0.2) is 24.1 Å². The van der Waals surface area contributed by atoms with Gasteiger partial charge in [0.2, 0.25) is 0 Å². The quantitative estimate of drug-likeness (QED) is 0.549. The average Bonchev–Trinajstić information content (AvgIpc) is 2.32. The lowest BCUT2D eigenvalue weighted by Crippen LogP contribution is -3.00. The van der Waals surface area contributed by atoms with Crippen LogP contribution in [0.25, 0.3) is 0 Å². The molecule has 1 aliphatic rings. The number of likely N-dealkylation sites (tertiary alicyclic amines) is 1. The first-order valence-electron chi connectivity index (χ1n) is 6.24. The van der Waals surface area contributed by atoms with Crippen molar-refractivity contribution in [1.29, 1.82) is 0 Å². The molecule has 2 heteroatoms. The number of nitrogens with zero attached hydrogens (tertiary/aromatic N) is 1. The molecule has 1 aliphatic heterocycles. The molecule has 16 heavy (non-hydrogen) atoms. The van der Waals surface area contributed by atoms with E-state index in [0.29, 0.717) is 0 Å². The minimum atomic E-state index is 0. The molecule has 1 aromatic rings. The van der Waals surface area contributed by atoms with Gasteiger partial charge < -0.3 is 28.5 Å². The monoisotopic (exact) mass is 331 g/mol. The van der Waals surface area contributed by atoms with Crippen LogP contribution < -0.4 is 24.0 Å². The Bertz CT molecular complexity index is 291. The molecule has 1 saturated heterocycles. The van der Waals surface area contributed by atoms with Crippen molar-refractivity contribution in [2.45, 2.75) is 32.7 Å². The molecule has 0 spiro atoms. The van der Waals surface area contributed by atoms with Gasteiger partial charge in [0.15, 0.2) is 0 Å². The van der Waals surface area contributed by atoms with E-state index in [1.54, 1.807) is 0 Å². The molecule has 90 valence electrons. The predicted molar refractivity (Wildman–Crippen MR) is 64.5 cm³/mol. The molecule has 0 amide bonds. The molecular formula is C14H22IN. The zero-order valence-corrected chi connectivity index (χ0v) is 12.3. The number of hydrogen-bond donors (Lipinski definition) is 0. The smallest absolute Gasteiger partial charge is 0.104 e. The number of quaternary nitrogens is 1. The van der Waals surface area contributed by atoms with E-state index < -0.39 is 0 Å². The van der Waals surface area contributed by atoms with Crippen molar-refractivity contribution in [2.24, 2.45) is 0 Å². The Kier molecular flexibility index (Phi) is 5.76. The van der Waals surface area contributed by atoms with Crippen LogP contribution in [0.4, 0.5) is 0 Å². The first-order valence-corrected chi connectivity index (χ1v) is 6.24. The highest BCUT2D eigenvalue weighted by Crippen LogP contribution is 2.22. The maximum absolute atomic E-state index is 2.34. The summed E-state index contributed by atoms with van der Waals surface area (Å²) in [4.78, 5) is 0. The number of rotatable bonds is 3. The highest BCUT2D eigenvalue weighted by Gasteiger charge is 2.27. The van der Waals surface area contributed by atoms with E-state index >= 15 is 0 Å². The SMILES string of the molecule is CC[N+]1(Cc2ccccc2)CCCCC1.[I-]. The van der Waals surface area contributed by atoms with Crippen molar-refractivity contribution >= 4 is 0 Å². The van der Waals surface area contributed by atoms with Crippen LogP contribution in [0.15, 0.2) is 30.3 Å². The second-order valence-corrected chi connectivity index (χ2v) is 4.81. The molecule has 0 atom stereocenters. The van der Waals surface area contributed by atoms with Crippen LogP contribution in [0.3, 0.4) is 0 Å². The highest BCUT2D eigenvalue weighted by molar-refractivity contribution is 5.13. The Labute approximate surface area is 116 Å². The van der Waals surface area contributed by atoms with Crippen LogP contribution in [0.1, 0.15) is 31.7 Å². The van der Waals surface area contributed by atoms with Crippen molar-refractivity contribution < 1.29 is 28.5 Å². The third kappa shape index (κ3) is 3.45. The fourth-order valence-corrected chi connectivity index (χ4v) is 2.74. The lowest BCUT2D eigenvalue weighted by atomic mass is 10.1. The minimum Gasteiger partial charge on any atom is -1.00 e. The van der Waals surface area contributed by atoms with Gasteiger partial charge in [-0.2, -0.15) is 0 Å². The summed E-state index contributed by atoms with van der Waals surface area (Å²) in [5.41, 5.74) is 1.50. The molecule has 0 aliphatic carbocycles. The topological polar surface area (TPSA) is 0 Å². The largest absolute Gasteiger partial charge is 1.00 e. The molecule has 1 aromatic carbocycles. The van der Waals surface area contributed by atoms with Gasteiger partial charge in [0.1, 0.15) is 6.54 Å². The van der Waals surface area contributed by atoms with Gasteiger partial charge in [0.25, 0.3) is 0 Å². The van der Waals surface area contributed by atoms with Crippen molar-refractivity contribution in [3.8, 4) is 0 Å². The van der Waals surface area contributed by atoms with Gasteiger partial charge in [-0.25, -0.2) is 0 Å². The molecule has 0 saturated carbocycles. The summed E-state index contributed by atoms with van der Waals surface area (Å²) in [6, 6.07) is 11.0. The Morgan fingerprint density at radius 3 is 2.19 bits per heavy atom. The second-order valence-electron chi connectivity index (χ2n) is 4.81. The van der Waals surface area contributed by atoms with Crippen molar-refractivity contribution in [3.63, 3.8) is 0 Å². The van der Waals surface area contributed by atoms with E-state index in [9.17, 15) is 0 Å².